The molecule has 2 aliphatic carbocycles. The fourth-order valence-electron chi connectivity index (χ4n) is 2.99. The second-order valence-corrected chi connectivity index (χ2v) is 5.67. The third kappa shape index (κ3) is 5.60. The van der Waals surface area contributed by atoms with Gasteiger partial charge in [-0.05, 0) is 24.7 Å². The van der Waals surface area contributed by atoms with Gasteiger partial charge in [0, 0.05) is 23.8 Å². The Hall–Kier alpha value is -0.437. The molecule has 4 nitrogen and oxygen atoms in total. The van der Waals surface area contributed by atoms with Crippen molar-refractivity contribution in [1.82, 2.24) is 0 Å². The molecule has 0 heterocycles. The van der Waals surface area contributed by atoms with Crippen LogP contribution >= 0.6 is 0 Å². The van der Waals surface area contributed by atoms with Crippen molar-refractivity contribution in [1.29, 1.82) is 0 Å². The number of carboxylic acids is 2. The fourth-order valence-corrected chi connectivity index (χ4v) is 2.99. The molecular weight excluding hydrogens is 298 g/mol. The Kier molecular flexibility index (Phi) is 8.48. The van der Waals surface area contributed by atoms with Gasteiger partial charge >= 0.3 is 19.5 Å². The zero-order valence-electron chi connectivity index (χ0n) is 11.9. The average Bonchev–Trinajstić information content (AvgIpc) is 2.87. The molecule has 0 spiro atoms. The van der Waals surface area contributed by atoms with Crippen molar-refractivity contribution in [3.63, 3.8) is 0 Å². The summed E-state index contributed by atoms with van der Waals surface area (Å²) in [6.45, 7) is 3.96. The second kappa shape index (κ2) is 8.68. The summed E-state index contributed by atoms with van der Waals surface area (Å²) in [5.74, 6) is -1.36. The number of carboxylic acid groups (broad SMARTS) is 2. The van der Waals surface area contributed by atoms with Crippen molar-refractivity contribution in [3.8, 4) is 0 Å². The molecular formula is C14H22O4Zn. The van der Waals surface area contributed by atoms with Gasteiger partial charge in [-0.3, -0.25) is 0 Å². The summed E-state index contributed by atoms with van der Waals surface area (Å²) in [6.07, 6.45) is 5.86. The quantitative estimate of drug-likeness (QED) is 0.688. The Bertz CT molecular complexity index is 276. The monoisotopic (exact) mass is 318 g/mol. The summed E-state index contributed by atoms with van der Waals surface area (Å²) >= 11 is 0. The van der Waals surface area contributed by atoms with E-state index in [9.17, 15) is 19.8 Å². The number of aliphatic carboxylic acids is 2. The molecule has 2 aliphatic rings. The van der Waals surface area contributed by atoms with Crippen molar-refractivity contribution in [3.05, 3.63) is 0 Å². The molecule has 2 saturated carbocycles. The van der Waals surface area contributed by atoms with Gasteiger partial charge in [0.1, 0.15) is 0 Å². The van der Waals surface area contributed by atoms with Gasteiger partial charge in [-0.2, -0.15) is 0 Å². The summed E-state index contributed by atoms with van der Waals surface area (Å²) in [5.41, 5.74) is 0. The number of carbonyl (C=O) groups is 2. The van der Waals surface area contributed by atoms with E-state index in [0.29, 0.717) is 11.8 Å². The van der Waals surface area contributed by atoms with Gasteiger partial charge in [0.05, 0.1) is 0 Å². The number of hydrogen-bond acceptors (Lipinski definition) is 4. The van der Waals surface area contributed by atoms with Crippen LogP contribution in [0.15, 0.2) is 0 Å². The molecule has 4 atom stereocenters. The van der Waals surface area contributed by atoms with Gasteiger partial charge in [0.15, 0.2) is 0 Å². The normalized spacial score (nSPS) is 32.9. The predicted octanol–water partition coefficient (Wildman–Crippen LogP) is 0.343. The predicted molar refractivity (Wildman–Crippen MR) is 63.0 cm³/mol. The van der Waals surface area contributed by atoms with E-state index in [4.69, 9.17) is 0 Å². The summed E-state index contributed by atoms with van der Waals surface area (Å²) in [5, 5.41) is 20.6. The number of hydrogen-bond donors (Lipinski definition) is 0. The van der Waals surface area contributed by atoms with Crippen LogP contribution in [-0.4, -0.2) is 11.9 Å². The molecule has 5 heteroatoms. The van der Waals surface area contributed by atoms with Crippen molar-refractivity contribution in [2.24, 2.45) is 23.7 Å². The van der Waals surface area contributed by atoms with Gasteiger partial charge in [-0.1, -0.05) is 39.5 Å². The minimum atomic E-state index is -0.861. The molecule has 0 aromatic rings. The Labute approximate surface area is 127 Å². The van der Waals surface area contributed by atoms with Crippen LogP contribution in [0.4, 0.5) is 0 Å². The summed E-state index contributed by atoms with van der Waals surface area (Å²) < 4.78 is 0. The van der Waals surface area contributed by atoms with Crippen LogP contribution < -0.4 is 10.2 Å². The Morgan fingerprint density at radius 3 is 1.21 bits per heavy atom. The second-order valence-electron chi connectivity index (χ2n) is 5.67. The molecule has 0 saturated heterocycles. The van der Waals surface area contributed by atoms with E-state index in [0.717, 1.165) is 38.5 Å². The molecule has 0 aromatic carbocycles. The van der Waals surface area contributed by atoms with Crippen molar-refractivity contribution in [2.75, 3.05) is 0 Å². The maximum absolute atomic E-state index is 10.3. The van der Waals surface area contributed by atoms with Crippen molar-refractivity contribution in [2.45, 2.75) is 52.4 Å². The van der Waals surface area contributed by atoms with Gasteiger partial charge in [0.2, 0.25) is 0 Å². The third-order valence-electron chi connectivity index (χ3n) is 4.33. The van der Waals surface area contributed by atoms with Crippen LogP contribution in [0.5, 0.6) is 0 Å². The van der Waals surface area contributed by atoms with E-state index in [1.165, 1.54) is 0 Å². The fraction of sp³-hybridized carbons (Fsp3) is 0.857. The molecule has 0 amide bonds. The van der Waals surface area contributed by atoms with Crippen LogP contribution in [0.1, 0.15) is 52.4 Å². The first-order chi connectivity index (χ1) is 8.43. The first kappa shape index (κ1) is 18.6. The van der Waals surface area contributed by atoms with Crippen LogP contribution in [0.3, 0.4) is 0 Å². The standard InChI is InChI=1S/2C7H12O2.Zn/c2*1-5-3-2-4-6(5)7(8)9;/h2*5-6H,2-4H2,1H3,(H,8,9);/q;;+2/p-2. The van der Waals surface area contributed by atoms with E-state index in [1.807, 2.05) is 13.8 Å². The molecule has 19 heavy (non-hydrogen) atoms. The smallest absolute Gasteiger partial charge is 0.550 e. The molecule has 0 aromatic heterocycles. The first-order valence-corrected chi connectivity index (χ1v) is 6.85. The van der Waals surface area contributed by atoms with Crippen LogP contribution in [0.2, 0.25) is 0 Å². The molecule has 104 valence electrons. The van der Waals surface area contributed by atoms with Gasteiger partial charge in [-0.15, -0.1) is 0 Å². The van der Waals surface area contributed by atoms with E-state index >= 15 is 0 Å². The summed E-state index contributed by atoms with van der Waals surface area (Å²) in [4.78, 5) is 20.6. The summed E-state index contributed by atoms with van der Waals surface area (Å²) in [6, 6.07) is 0. The molecule has 0 bridgehead atoms. The van der Waals surface area contributed by atoms with Gasteiger partial charge < -0.3 is 19.8 Å². The van der Waals surface area contributed by atoms with E-state index in [2.05, 4.69) is 0 Å². The van der Waals surface area contributed by atoms with Crippen LogP contribution in [0.25, 0.3) is 0 Å². The van der Waals surface area contributed by atoms with Crippen LogP contribution in [-0.2, 0) is 29.1 Å². The van der Waals surface area contributed by atoms with E-state index < -0.39 is 11.9 Å². The van der Waals surface area contributed by atoms with E-state index in [1.54, 1.807) is 0 Å². The zero-order valence-corrected chi connectivity index (χ0v) is 14.9. The zero-order chi connectivity index (χ0) is 13.7. The molecule has 4 unspecified atom stereocenters. The number of carbonyl (C=O) groups excluding carboxylic acids is 2. The summed E-state index contributed by atoms with van der Waals surface area (Å²) in [7, 11) is 0. The van der Waals surface area contributed by atoms with Gasteiger partial charge in [0.25, 0.3) is 0 Å². The molecule has 0 aliphatic heterocycles. The maximum Gasteiger partial charge on any atom is 2.00 e. The topological polar surface area (TPSA) is 80.3 Å². The molecule has 0 N–H and O–H groups in total. The molecule has 0 radical (unpaired) electrons. The Morgan fingerprint density at radius 1 is 0.789 bits per heavy atom. The van der Waals surface area contributed by atoms with Crippen molar-refractivity contribution >= 4 is 11.9 Å². The van der Waals surface area contributed by atoms with Crippen LogP contribution in [0, 0.1) is 23.7 Å². The number of rotatable bonds is 2. The third-order valence-corrected chi connectivity index (χ3v) is 4.33. The minimum absolute atomic E-state index is 0. The largest absolute Gasteiger partial charge is 2.00 e. The van der Waals surface area contributed by atoms with Gasteiger partial charge in [-0.25, -0.2) is 0 Å². The minimum Gasteiger partial charge on any atom is -0.550 e. The maximum atomic E-state index is 10.3. The average molecular weight is 320 g/mol. The molecule has 2 fully saturated rings. The van der Waals surface area contributed by atoms with E-state index in [-0.39, 0.29) is 31.3 Å². The SMILES string of the molecule is CC1CCCC1C(=O)[O-].CC1CCCC1C(=O)[O-].[Zn+2]. The van der Waals surface area contributed by atoms with Crippen molar-refractivity contribution < 1.29 is 39.3 Å². The first-order valence-electron chi connectivity index (χ1n) is 6.85. The Balaban J connectivity index is 0.000000324. The molecule has 2 rings (SSSR count). The Morgan fingerprint density at radius 2 is 1.11 bits per heavy atom.